The van der Waals surface area contributed by atoms with Crippen molar-refractivity contribution in [3.05, 3.63) is 70.7 Å². The number of nitrogens with one attached hydrogen (secondary N) is 4. The Labute approximate surface area is 189 Å². The van der Waals surface area contributed by atoms with Crippen molar-refractivity contribution in [3.8, 4) is 0 Å². The maximum atomic E-state index is 12.1. The molecule has 0 fully saturated rings. The van der Waals surface area contributed by atoms with Gasteiger partial charge in [-0.25, -0.2) is 0 Å². The molecule has 4 amide bonds. The number of Topliss-reactive ketones (excluding diaryl/α,β-unsaturated/α-hetero) is 1. The van der Waals surface area contributed by atoms with Crippen molar-refractivity contribution in [2.75, 3.05) is 13.1 Å². The Bertz CT molecular complexity index is 980. The molecule has 0 aliphatic carbocycles. The summed E-state index contributed by atoms with van der Waals surface area (Å²) >= 11 is 5.76. The van der Waals surface area contributed by atoms with Gasteiger partial charge in [0, 0.05) is 17.1 Å². The SMILES string of the molecule is CC(NC(=O)CNC(=O)c1ccc(Cl)cc1)C(=O)NCC(=O)C(=O)NCc1ccccc1. The zero-order chi connectivity index (χ0) is 23.5. The lowest BCUT2D eigenvalue weighted by Crippen LogP contribution is -2.49. The van der Waals surface area contributed by atoms with Gasteiger partial charge in [-0.05, 0) is 36.8 Å². The highest BCUT2D eigenvalue weighted by Gasteiger charge is 2.19. The van der Waals surface area contributed by atoms with E-state index >= 15 is 0 Å². The topological polar surface area (TPSA) is 133 Å². The highest BCUT2D eigenvalue weighted by atomic mass is 35.5. The van der Waals surface area contributed by atoms with Crippen LogP contribution >= 0.6 is 11.6 Å². The molecule has 168 valence electrons. The first-order valence-corrected chi connectivity index (χ1v) is 10.1. The fourth-order valence-electron chi connectivity index (χ4n) is 2.50. The Kier molecular flexibility index (Phi) is 9.37. The molecule has 0 saturated heterocycles. The Morgan fingerprint density at radius 2 is 1.50 bits per heavy atom. The van der Waals surface area contributed by atoms with E-state index in [0.29, 0.717) is 10.6 Å². The Balaban J connectivity index is 1.68. The molecule has 1 unspecified atom stereocenters. The van der Waals surface area contributed by atoms with Crippen LogP contribution in [0.2, 0.25) is 5.02 Å². The van der Waals surface area contributed by atoms with E-state index < -0.39 is 42.0 Å². The molecule has 0 aromatic heterocycles. The summed E-state index contributed by atoms with van der Waals surface area (Å²) in [6.45, 7) is 0.745. The van der Waals surface area contributed by atoms with Crippen LogP contribution in [-0.2, 0) is 25.7 Å². The van der Waals surface area contributed by atoms with Crippen molar-refractivity contribution in [1.82, 2.24) is 21.3 Å². The quantitative estimate of drug-likeness (QED) is 0.386. The standard InChI is InChI=1S/C22H23ClN4O5/c1-14(27-19(29)13-26-21(31)16-7-9-17(23)10-8-16)20(30)25-12-18(28)22(32)24-11-15-5-3-2-4-6-15/h2-10,14H,11-13H2,1H3,(H,24,32)(H,25,30)(H,26,31)(H,27,29). The first kappa shape index (κ1) is 24.5. The number of hydrogen-bond donors (Lipinski definition) is 4. The van der Waals surface area contributed by atoms with Gasteiger partial charge in [-0.15, -0.1) is 0 Å². The lowest BCUT2D eigenvalue weighted by molar-refractivity contribution is -0.138. The Hall–Kier alpha value is -3.72. The highest BCUT2D eigenvalue weighted by Crippen LogP contribution is 2.09. The van der Waals surface area contributed by atoms with Gasteiger partial charge in [-0.3, -0.25) is 24.0 Å². The van der Waals surface area contributed by atoms with Crippen LogP contribution in [0.15, 0.2) is 54.6 Å². The van der Waals surface area contributed by atoms with Crippen molar-refractivity contribution in [1.29, 1.82) is 0 Å². The van der Waals surface area contributed by atoms with Gasteiger partial charge in [-0.2, -0.15) is 0 Å². The third-order valence-electron chi connectivity index (χ3n) is 4.26. The molecule has 2 aromatic carbocycles. The number of benzene rings is 2. The molecular formula is C22H23ClN4O5. The molecule has 0 heterocycles. The number of hydrogen-bond acceptors (Lipinski definition) is 5. The lowest BCUT2D eigenvalue weighted by atomic mass is 10.2. The van der Waals surface area contributed by atoms with Gasteiger partial charge < -0.3 is 21.3 Å². The first-order valence-electron chi connectivity index (χ1n) is 9.72. The van der Waals surface area contributed by atoms with Crippen LogP contribution in [0.4, 0.5) is 0 Å². The molecular weight excluding hydrogens is 436 g/mol. The van der Waals surface area contributed by atoms with E-state index in [4.69, 9.17) is 11.6 Å². The molecule has 1 atom stereocenters. The Morgan fingerprint density at radius 1 is 0.844 bits per heavy atom. The minimum atomic E-state index is -0.977. The van der Waals surface area contributed by atoms with E-state index in [1.165, 1.54) is 19.1 Å². The minimum Gasteiger partial charge on any atom is -0.347 e. The summed E-state index contributed by atoms with van der Waals surface area (Å²) in [5.41, 5.74) is 1.16. The second kappa shape index (κ2) is 12.2. The van der Waals surface area contributed by atoms with Gasteiger partial charge >= 0.3 is 0 Å². The molecule has 0 aliphatic rings. The van der Waals surface area contributed by atoms with E-state index in [1.54, 1.807) is 24.3 Å². The second-order valence-electron chi connectivity index (χ2n) is 6.79. The van der Waals surface area contributed by atoms with E-state index in [9.17, 15) is 24.0 Å². The van der Waals surface area contributed by atoms with E-state index in [-0.39, 0.29) is 13.1 Å². The summed E-state index contributed by atoms with van der Waals surface area (Å²) in [5, 5.41) is 10.1. The van der Waals surface area contributed by atoms with Crippen LogP contribution in [0, 0.1) is 0 Å². The molecule has 0 saturated carbocycles. The molecule has 0 aliphatic heterocycles. The summed E-state index contributed by atoms with van der Waals surface area (Å²) in [6, 6.07) is 14.2. The Morgan fingerprint density at radius 3 is 2.16 bits per heavy atom. The molecule has 2 aromatic rings. The van der Waals surface area contributed by atoms with Crippen LogP contribution < -0.4 is 21.3 Å². The van der Waals surface area contributed by atoms with Gasteiger partial charge in [0.2, 0.25) is 17.6 Å². The van der Waals surface area contributed by atoms with E-state index in [2.05, 4.69) is 21.3 Å². The zero-order valence-corrected chi connectivity index (χ0v) is 18.1. The zero-order valence-electron chi connectivity index (χ0n) is 17.3. The molecule has 4 N–H and O–H groups in total. The minimum absolute atomic E-state index is 0.188. The van der Waals surface area contributed by atoms with Crippen LogP contribution in [0.5, 0.6) is 0 Å². The third kappa shape index (κ3) is 8.19. The highest BCUT2D eigenvalue weighted by molar-refractivity contribution is 6.37. The van der Waals surface area contributed by atoms with Crippen LogP contribution in [0.25, 0.3) is 0 Å². The van der Waals surface area contributed by atoms with Gasteiger partial charge in [-0.1, -0.05) is 41.9 Å². The van der Waals surface area contributed by atoms with E-state index in [1.807, 2.05) is 18.2 Å². The second-order valence-corrected chi connectivity index (χ2v) is 7.22. The van der Waals surface area contributed by atoms with Crippen molar-refractivity contribution < 1.29 is 24.0 Å². The monoisotopic (exact) mass is 458 g/mol. The van der Waals surface area contributed by atoms with Gasteiger partial charge in [0.1, 0.15) is 6.04 Å². The summed E-state index contributed by atoms with van der Waals surface area (Å²) in [5.74, 6) is -3.35. The number of halogens is 1. The average molecular weight is 459 g/mol. The largest absolute Gasteiger partial charge is 0.347 e. The molecule has 0 radical (unpaired) electrons. The van der Waals surface area contributed by atoms with Gasteiger partial charge in [0.05, 0.1) is 13.1 Å². The van der Waals surface area contributed by atoms with Crippen LogP contribution in [0.1, 0.15) is 22.8 Å². The summed E-state index contributed by atoms with van der Waals surface area (Å²) in [7, 11) is 0. The van der Waals surface area contributed by atoms with E-state index in [0.717, 1.165) is 5.56 Å². The maximum Gasteiger partial charge on any atom is 0.289 e. The molecule has 0 spiro atoms. The van der Waals surface area contributed by atoms with Crippen molar-refractivity contribution >= 4 is 41.0 Å². The molecule has 2 rings (SSSR count). The van der Waals surface area contributed by atoms with Crippen LogP contribution in [-0.4, -0.2) is 48.5 Å². The van der Waals surface area contributed by atoms with Crippen LogP contribution in [0.3, 0.4) is 0 Å². The van der Waals surface area contributed by atoms with Crippen molar-refractivity contribution in [3.63, 3.8) is 0 Å². The first-order chi connectivity index (χ1) is 15.3. The fourth-order valence-corrected chi connectivity index (χ4v) is 2.63. The van der Waals surface area contributed by atoms with Crippen molar-refractivity contribution in [2.24, 2.45) is 0 Å². The summed E-state index contributed by atoms with van der Waals surface area (Å²) < 4.78 is 0. The molecule has 32 heavy (non-hydrogen) atoms. The summed E-state index contributed by atoms with van der Waals surface area (Å²) in [4.78, 5) is 59.7. The molecule has 0 bridgehead atoms. The lowest BCUT2D eigenvalue weighted by Gasteiger charge is -2.14. The third-order valence-corrected chi connectivity index (χ3v) is 4.51. The van der Waals surface area contributed by atoms with Crippen molar-refractivity contribution in [2.45, 2.75) is 19.5 Å². The number of rotatable bonds is 10. The number of ketones is 1. The molecule has 10 heteroatoms. The average Bonchev–Trinajstić information content (AvgIpc) is 2.80. The predicted octanol–water partition coefficient (Wildman–Crippen LogP) is 0.576. The predicted molar refractivity (Wildman–Crippen MR) is 118 cm³/mol. The summed E-state index contributed by atoms with van der Waals surface area (Å²) in [6.07, 6.45) is 0. The number of carbonyl (C=O) groups excluding carboxylic acids is 5. The maximum absolute atomic E-state index is 12.1. The molecule has 9 nitrogen and oxygen atoms in total. The smallest absolute Gasteiger partial charge is 0.289 e. The fraction of sp³-hybridized carbons (Fsp3) is 0.227. The normalized spacial score (nSPS) is 11.1. The number of amides is 4. The van der Waals surface area contributed by atoms with Gasteiger partial charge in [0.15, 0.2) is 0 Å². The van der Waals surface area contributed by atoms with Gasteiger partial charge in [0.25, 0.3) is 11.8 Å². The number of carbonyl (C=O) groups is 5.